The molecule has 1 N–H and O–H groups in total. The predicted octanol–water partition coefficient (Wildman–Crippen LogP) is 3.16. The lowest BCUT2D eigenvalue weighted by Crippen LogP contribution is -1.99. The fraction of sp³-hybridized carbons (Fsp3) is 0. The molecule has 5 heteroatoms. The lowest BCUT2D eigenvalue weighted by atomic mass is 10.1. The lowest BCUT2D eigenvalue weighted by Gasteiger charge is -2.02. The first kappa shape index (κ1) is 10.1. The maximum Gasteiger partial charge on any atom is 0.336 e. The second-order valence-electron chi connectivity index (χ2n) is 2.84. The van der Waals surface area contributed by atoms with Crippen molar-refractivity contribution in [2.24, 2.45) is 0 Å². The van der Waals surface area contributed by atoms with Crippen molar-refractivity contribution in [1.29, 1.82) is 0 Å². The van der Waals surface area contributed by atoms with E-state index in [2.05, 4.69) is 4.98 Å². The van der Waals surface area contributed by atoms with Crippen molar-refractivity contribution in [2.45, 2.75) is 0 Å². The first-order valence-corrected chi connectivity index (χ1v) is 5.37. The monoisotopic (exact) mass is 239 g/mol. The molecule has 0 atom stereocenters. The Hall–Kier alpha value is -1.39. The molecular formula is C10H6ClNO2S. The molecule has 0 radical (unpaired) electrons. The molecule has 0 fully saturated rings. The van der Waals surface area contributed by atoms with Gasteiger partial charge >= 0.3 is 5.97 Å². The van der Waals surface area contributed by atoms with Gasteiger partial charge < -0.3 is 5.11 Å². The highest BCUT2D eigenvalue weighted by Crippen LogP contribution is 2.28. The molecule has 0 aliphatic rings. The van der Waals surface area contributed by atoms with Crippen molar-refractivity contribution in [3.63, 3.8) is 0 Å². The number of nitrogens with zero attached hydrogens (tertiary/aromatic N) is 1. The molecule has 2 heterocycles. The summed E-state index contributed by atoms with van der Waals surface area (Å²) in [5.41, 5.74) is 0.777. The number of rotatable bonds is 2. The van der Waals surface area contributed by atoms with E-state index in [0.29, 0.717) is 5.56 Å². The molecule has 0 spiro atoms. The van der Waals surface area contributed by atoms with Crippen LogP contribution in [0.5, 0.6) is 0 Å². The molecule has 0 unspecified atom stereocenters. The first-order chi connectivity index (χ1) is 7.18. The van der Waals surface area contributed by atoms with E-state index in [-0.39, 0.29) is 10.7 Å². The van der Waals surface area contributed by atoms with Gasteiger partial charge in [-0.05, 0) is 17.5 Å². The van der Waals surface area contributed by atoms with Crippen LogP contribution in [-0.2, 0) is 0 Å². The molecule has 3 nitrogen and oxygen atoms in total. The molecule has 2 aromatic rings. The van der Waals surface area contributed by atoms with Crippen LogP contribution in [0, 0.1) is 0 Å². The molecule has 0 saturated carbocycles. The van der Waals surface area contributed by atoms with Crippen LogP contribution in [0.3, 0.4) is 0 Å². The molecule has 2 aromatic heterocycles. The van der Waals surface area contributed by atoms with E-state index in [4.69, 9.17) is 16.7 Å². The van der Waals surface area contributed by atoms with Crippen LogP contribution in [0.1, 0.15) is 10.4 Å². The quantitative estimate of drug-likeness (QED) is 0.819. The Kier molecular flexibility index (Phi) is 2.70. The summed E-state index contributed by atoms with van der Waals surface area (Å²) in [6.45, 7) is 0. The van der Waals surface area contributed by atoms with Crippen molar-refractivity contribution in [1.82, 2.24) is 4.98 Å². The van der Waals surface area contributed by atoms with E-state index in [1.165, 1.54) is 23.6 Å². The smallest absolute Gasteiger partial charge is 0.336 e. The minimum atomic E-state index is -0.997. The summed E-state index contributed by atoms with van der Waals surface area (Å²) in [5, 5.41) is 11.1. The number of pyridine rings is 1. The van der Waals surface area contributed by atoms with Gasteiger partial charge in [-0.2, -0.15) is 0 Å². The Balaban J connectivity index is 2.61. The Morgan fingerprint density at radius 1 is 1.53 bits per heavy atom. The number of carboxylic acid groups (broad SMARTS) is 1. The van der Waals surface area contributed by atoms with Crippen LogP contribution < -0.4 is 0 Å². The molecule has 0 amide bonds. The largest absolute Gasteiger partial charge is 0.478 e. The molecule has 0 aliphatic heterocycles. The summed E-state index contributed by atoms with van der Waals surface area (Å²) in [6.07, 6.45) is 1.48. The lowest BCUT2D eigenvalue weighted by molar-refractivity contribution is 0.0697. The summed E-state index contributed by atoms with van der Waals surface area (Å²) in [5.74, 6) is -0.997. The van der Waals surface area contributed by atoms with Crippen LogP contribution in [-0.4, -0.2) is 16.1 Å². The number of hydrogen-bond donors (Lipinski definition) is 1. The van der Waals surface area contributed by atoms with Gasteiger partial charge in [0.1, 0.15) is 5.15 Å². The van der Waals surface area contributed by atoms with E-state index in [9.17, 15) is 4.79 Å². The van der Waals surface area contributed by atoms with E-state index >= 15 is 0 Å². The van der Waals surface area contributed by atoms with Crippen molar-refractivity contribution in [3.05, 3.63) is 40.5 Å². The molecule has 76 valence electrons. The van der Waals surface area contributed by atoms with Gasteiger partial charge in [0.25, 0.3) is 0 Å². The zero-order chi connectivity index (χ0) is 10.8. The van der Waals surface area contributed by atoms with Gasteiger partial charge in [-0.1, -0.05) is 17.7 Å². The zero-order valence-corrected chi connectivity index (χ0v) is 9.05. The minimum absolute atomic E-state index is 0.178. The highest BCUT2D eigenvalue weighted by Gasteiger charge is 2.13. The normalized spacial score (nSPS) is 10.2. The fourth-order valence-electron chi connectivity index (χ4n) is 1.23. The maximum atomic E-state index is 11.0. The fourth-order valence-corrected chi connectivity index (χ4v) is 2.14. The van der Waals surface area contributed by atoms with Gasteiger partial charge in [0.15, 0.2) is 0 Å². The van der Waals surface area contributed by atoms with Crippen molar-refractivity contribution in [2.75, 3.05) is 0 Å². The highest BCUT2D eigenvalue weighted by molar-refractivity contribution is 7.13. The molecule has 0 saturated heterocycles. The Bertz CT molecular complexity index is 496. The van der Waals surface area contributed by atoms with E-state index in [1.54, 1.807) is 0 Å². The third-order valence-corrected chi connectivity index (χ3v) is 3.00. The van der Waals surface area contributed by atoms with Crippen LogP contribution in [0.4, 0.5) is 0 Å². The Morgan fingerprint density at radius 2 is 2.33 bits per heavy atom. The second kappa shape index (κ2) is 4.00. The summed E-state index contributed by atoms with van der Waals surface area (Å²) < 4.78 is 0. The van der Waals surface area contributed by atoms with Crippen LogP contribution in [0.2, 0.25) is 5.15 Å². The first-order valence-electron chi connectivity index (χ1n) is 4.11. The number of aromatic nitrogens is 1. The zero-order valence-electron chi connectivity index (χ0n) is 7.48. The molecule has 2 rings (SSSR count). The van der Waals surface area contributed by atoms with Gasteiger partial charge in [-0.3, -0.25) is 0 Å². The average Bonchev–Trinajstić information content (AvgIpc) is 2.70. The molecule has 0 bridgehead atoms. The van der Waals surface area contributed by atoms with Gasteiger partial charge in [-0.15, -0.1) is 11.3 Å². The maximum absolute atomic E-state index is 11.0. The summed E-state index contributed by atoms with van der Waals surface area (Å²) >= 11 is 7.12. The van der Waals surface area contributed by atoms with Gasteiger partial charge in [0.05, 0.1) is 5.56 Å². The highest BCUT2D eigenvalue weighted by atomic mass is 35.5. The summed E-state index contributed by atoms with van der Waals surface area (Å²) in [4.78, 5) is 15.7. The molecule has 15 heavy (non-hydrogen) atoms. The van der Waals surface area contributed by atoms with Crippen molar-refractivity contribution < 1.29 is 9.90 Å². The predicted molar refractivity (Wildman–Crippen MR) is 59.5 cm³/mol. The van der Waals surface area contributed by atoms with E-state index < -0.39 is 5.97 Å². The molecule has 0 aliphatic carbocycles. The number of carbonyl (C=O) groups is 1. The third-order valence-electron chi connectivity index (χ3n) is 1.89. The van der Waals surface area contributed by atoms with Crippen molar-refractivity contribution >= 4 is 28.9 Å². The van der Waals surface area contributed by atoms with Crippen LogP contribution >= 0.6 is 22.9 Å². The number of hydrogen-bond acceptors (Lipinski definition) is 3. The Labute approximate surface area is 95.0 Å². The number of thiophene rings is 1. The molecular weight excluding hydrogens is 234 g/mol. The number of carboxylic acids is 1. The van der Waals surface area contributed by atoms with Crippen molar-refractivity contribution in [3.8, 4) is 10.4 Å². The number of halogens is 1. The van der Waals surface area contributed by atoms with E-state index in [0.717, 1.165) is 4.88 Å². The van der Waals surface area contributed by atoms with Crippen LogP contribution in [0.25, 0.3) is 10.4 Å². The SMILES string of the molecule is O=C(O)c1cc(Cl)ncc1-c1cccs1. The van der Waals surface area contributed by atoms with Gasteiger partial charge in [0.2, 0.25) is 0 Å². The molecule has 0 aromatic carbocycles. The minimum Gasteiger partial charge on any atom is -0.478 e. The van der Waals surface area contributed by atoms with Crippen LogP contribution in [0.15, 0.2) is 29.8 Å². The summed E-state index contributed by atoms with van der Waals surface area (Å²) in [7, 11) is 0. The summed E-state index contributed by atoms with van der Waals surface area (Å²) in [6, 6.07) is 5.07. The van der Waals surface area contributed by atoms with Gasteiger partial charge in [0, 0.05) is 16.6 Å². The van der Waals surface area contributed by atoms with E-state index in [1.807, 2.05) is 17.5 Å². The average molecular weight is 240 g/mol. The topological polar surface area (TPSA) is 50.2 Å². The third kappa shape index (κ3) is 2.00. The van der Waals surface area contributed by atoms with Gasteiger partial charge in [-0.25, -0.2) is 9.78 Å². The Morgan fingerprint density at radius 3 is 2.93 bits per heavy atom. The second-order valence-corrected chi connectivity index (χ2v) is 4.17. The number of aromatic carboxylic acids is 1. The standard InChI is InChI=1S/C10H6ClNO2S/c11-9-4-6(10(13)14)7(5-12-9)8-2-1-3-15-8/h1-5H,(H,13,14).